The van der Waals surface area contributed by atoms with Crippen LogP contribution in [0.2, 0.25) is 0 Å². The molecule has 0 radical (unpaired) electrons. The normalized spacial score (nSPS) is 23.1. The minimum Gasteiger partial charge on any atom is -0.246 e. The summed E-state index contributed by atoms with van der Waals surface area (Å²) in [5, 5.41) is 8.50. The van der Waals surface area contributed by atoms with Crippen molar-refractivity contribution in [3.8, 4) is 0 Å². The maximum Gasteiger partial charge on any atom is 0.101 e. The molecule has 15 heavy (non-hydrogen) atoms. The first-order valence-corrected chi connectivity index (χ1v) is 6.34. The smallest absolute Gasteiger partial charge is 0.101 e. The molecule has 0 saturated heterocycles. The van der Waals surface area contributed by atoms with Crippen LogP contribution < -0.4 is 0 Å². The first-order valence-electron chi connectivity index (χ1n) is 5.81. The predicted molar refractivity (Wildman–Crippen MR) is 59.0 cm³/mol. The molecule has 0 spiro atoms. The highest BCUT2D eigenvalue weighted by Crippen LogP contribution is 2.45. The number of hydrogen-bond donors (Lipinski definition) is 0. The number of halogens is 1. The SMILES string of the molecule is CC(C1CC1)n1nnc(CCl)c1C1CC1. The van der Waals surface area contributed by atoms with Gasteiger partial charge in [0.05, 0.1) is 17.6 Å². The van der Waals surface area contributed by atoms with E-state index in [1.807, 2.05) is 0 Å². The summed E-state index contributed by atoms with van der Waals surface area (Å²) in [6, 6.07) is 0.519. The summed E-state index contributed by atoms with van der Waals surface area (Å²) >= 11 is 5.90. The van der Waals surface area contributed by atoms with Gasteiger partial charge < -0.3 is 0 Å². The fourth-order valence-electron chi connectivity index (χ4n) is 2.29. The van der Waals surface area contributed by atoms with Gasteiger partial charge in [-0.15, -0.1) is 16.7 Å². The molecule has 1 unspecified atom stereocenters. The van der Waals surface area contributed by atoms with Crippen LogP contribution >= 0.6 is 11.6 Å². The van der Waals surface area contributed by atoms with E-state index in [0.717, 1.165) is 11.6 Å². The van der Waals surface area contributed by atoms with E-state index >= 15 is 0 Å². The van der Waals surface area contributed by atoms with Gasteiger partial charge in [0, 0.05) is 5.92 Å². The summed E-state index contributed by atoms with van der Waals surface area (Å²) in [5.74, 6) is 2.02. The quantitative estimate of drug-likeness (QED) is 0.738. The van der Waals surface area contributed by atoms with Crippen LogP contribution in [0.3, 0.4) is 0 Å². The molecule has 4 heteroatoms. The van der Waals surface area contributed by atoms with E-state index in [0.29, 0.717) is 17.8 Å². The second kappa shape index (κ2) is 3.48. The van der Waals surface area contributed by atoms with Crippen molar-refractivity contribution >= 4 is 11.6 Å². The van der Waals surface area contributed by atoms with Crippen LogP contribution in [0.5, 0.6) is 0 Å². The summed E-state index contributed by atoms with van der Waals surface area (Å²) in [5.41, 5.74) is 2.33. The Morgan fingerprint density at radius 3 is 2.67 bits per heavy atom. The van der Waals surface area contributed by atoms with Crippen molar-refractivity contribution in [2.75, 3.05) is 0 Å². The van der Waals surface area contributed by atoms with Crippen molar-refractivity contribution in [1.82, 2.24) is 15.0 Å². The highest BCUT2D eigenvalue weighted by atomic mass is 35.5. The highest BCUT2D eigenvalue weighted by molar-refractivity contribution is 6.16. The maximum absolute atomic E-state index is 5.90. The number of aromatic nitrogens is 3. The van der Waals surface area contributed by atoms with Crippen molar-refractivity contribution < 1.29 is 0 Å². The Morgan fingerprint density at radius 2 is 2.13 bits per heavy atom. The average molecular weight is 226 g/mol. The van der Waals surface area contributed by atoms with Gasteiger partial charge >= 0.3 is 0 Å². The van der Waals surface area contributed by atoms with E-state index in [-0.39, 0.29) is 0 Å². The lowest BCUT2D eigenvalue weighted by atomic mass is 10.2. The van der Waals surface area contributed by atoms with Crippen LogP contribution in [0.15, 0.2) is 0 Å². The fourth-order valence-corrected chi connectivity index (χ4v) is 2.48. The molecule has 0 N–H and O–H groups in total. The lowest BCUT2D eigenvalue weighted by Crippen LogP contribution is -2.12. The van der Waals surface area contributed by atoms with E-state index < -0.39 is 0 Å². The van der Waals surface area contributed by atoms with Gasteiger partial charge in [-0.2, -0.15) is 0 Å². The third kappa shape index (κ3) is 1.67. The standard InChI is InChI=1S/C11H16ClN3/c1-7(8-2-3-8)15-11(9-4-5-9)10(6-12)13-14-15/h7-9H,2-6H2,1H3. The van der Waals surface area contributed by atoms with E-state index in [1.54, 1.807) is 0 Å². The molecule has 3 nitrogen and oxygen atoms in total. The van der Waals surface area contributed by atoms with Gasteiger partial charge in [-0.05, 0) is 38.5 Å². The van der Waals surface area contributed by atoms with Crippen LogP contribution in [-0.2, 0) is 5.88 Å². The minimum absolute atomic E-state index is 0.503. The van der Waals surface area contributed by atoms with Gasteiger partial charge in [-0.3, -0.25) is 0 Å². The van der Waals surface area contributed by atoms with Crippen LogP contribution in [0.1, 0.15) is 56.0 Å². The molecule has 2 aliphatic rings. The molecule has 0 bridgehead atoms. The highest BCUT2D eigenvalue weighted by Gasteiger charge is 2.36. The average Bonchev–Trinajstić information content (AvgIpc) is 3.12. The first-order chi connectivity index (χ1) is 7.31. The summed E-state index contributed by atoms with van der Waals surface area (Å²) in [7, 11) is 0. The van der Waals surface area contributed by atoms with Crippen LogP contribution in [0, 0.1) is 5.92 Å². The number of rotatable bonds is 4. The van der Waals surface area contributed by atoms with Crippen molar-refractivity contribution in [2.24, 2.45) is 5.92 Å². The molecule has 0 aromatic carbocycles. The Hall–Kier alpha value is -0.570. The first kappa shape index (κ1) is 9.64. The van der Waals surface area contributed by atoms with Crippen molar-refractivity contribution in [3.05, 3.63) is 11.4 Å². The lowest BCUT2D eigenvalue weighted by Gasteiger charge is -2.13. The molecule has 1 aromatic rings. The Kier molecular flexibility index (Phi) is 2.23. The molecule has 2 fully saturated rings. The van der Waals surface area contributed by atoms with E-state index in [2.05, 4.69) is 21.9 Å². The molecule has 2 aliphatic carbocycles. The lowest BCUT2D eigenvalue weighted by molar-refractivity contribution is 0.415. The molecule has 1 heterocycles. The third-order valence-electron chi connectivity index (χ3n) is 3.58. The Bertz CT molecular complexity index is 366. The van der Waals surface area contributed by atoms with Crippen molar-refractivity contribution in [2.45, 2.75) is 50.4 Å². The molecule has 1 atom stereocenters. The zero-order chi connectivity index (χ0) is 10.4. The summed E-state index contributed by atoms with van der Waals surface area (Å²) in [6.07, 6.45) is 5.27. The van der Waals surface area contributed by atoms with Gasteiger partial charge in [-0.25, -0.2) is 4.68 Å². The minimum atomic E-state index is 0.503. The van der Waals surface area contributed by atoms with Crippen LogP contribution in [0.4, 0.5) is 0 Å². The number of alkyl halides is 1. The monoisotopic (exact) mass is 225 g/mol. The second-order valence-electron chi connectivity index (χ2n) is 4.85. The fraction of sp³-hybridized carbons (Fsp3) is 0.818. The Morgan fingerprint density at radius 1 is 1.40 bits per heavy atom. The number of nitrogens with zero attached hydrogens (tertiary/aromatic N) is 3. The zero-order valence-electron chi connectivity index (χ0n) is 8.99. The topological polar surface area (TPSA) is 30.7 Å². The molecular formula is C11H16ClN3. The van der Waals surface area contributed by atoms with Gasteiger partial charge in [0.2, 0.25) is 0 Å². The summed E-state index contributed by atoms with van der Waals surface area (Å²) in [4.78, 5) is 0. The maximum atomic E-state index is 5.90. The number of hydrogen-bond acceptors (Lipinski definition) is 2. The summed E-state index contributed by atoms with van der Waals surface area (Å²) < 4.78 is 2.15. The largest absolute Gasteiger partial charge is 0.246 e. The molecule has 0 amide bonds. The van der Waals surface area contributed by atoms with Crippen LogP contribution in [0.25, 0.3) is 0 Å². The van der Waals surface area contributed by atoms with Gasteiger partial charge in [0.1, 0.15) is 5.69 Å². The van der Waals surface area contributed by atoms with Gasteiger partial charge in [0.25, 0.3) is 0 Å². The zero-order valence-corrected chi connectivity index (χ0v) is 9.74. The van der Waals surface area contributed by atoms with Gasteiger partial charge in [-0.1, -0.05) is 5.21 Å². The molecule has 1 aromatic heterocycles. The Balaban J connectivity index is 1.94. The van der Waals surface area contributed by atoms with E-state index in [1.165, 1.54) is 31.4 Å². The van der Waals surface area contributed by atoms with Crippen LogP contribution in [-0.4, -0.2) is 15.0 Å². The van der Waals surface area contributed by atoms with E-state index in [9.17, 15) is 0 Å². The molecular weight excluding hydrogens is 210 g/mol. The molecule has 0 aliphatic heterocycles. The third-order valence-corrected chi connectivity index (χ3v) is 3.84. The Labute approximate surface area is 94.8 Å². The van der Waals surface area contributed by atoms with E-state index in [4.69, 9.17) is 11.6 Å². The van der Waals surface area contributed by atoms with Crippen molar-refractivity contribution in [3.63, 3.8) is 0 Å². The molecule has 2 saturated carbocycles. The molecule has 82 valence electrons. The second-order valence-corrected chi connectivity index (χ2v) is 5.12. The molecule has 3 rings (SSSR count). The predicted octanol–water partition coefficient (Wildman–Crippen LogP) is 2.87. The summed E-state index contributed by atoms with van der Waals surface area (Å²) in [6.45, 7) is 2.26. The van der Waals surface area contributed by atoms with Crippen molar-refractivity contribution in [1.29, 1.82) is 0 Å². The van der Waals surface area contributed by atoms with Gasteiger partial charge in [0.15, 0.2) is 0 Å².